The molecule has 1 saturated carbocycles. The summed E-state index contributed by atoms with van der Waals surface area (Å²) in [5, 5.41) is 0. The quantitative estimate of drug-likeness (QED) is 0.555. The Morgan fingerprint density at radius 1 is 1.42 bits per heavy atom. The Morgan fingerprint density at radius 3 is 2.33 bits per heavy atom. The van der Waals surface area contributed by atoms with Gasteiger partial charge in [0.05, 0.1) is 0 Å². The van der Waals surface area contributed by atoms with E-state index in [2.05, 4.69) is 27.4 Å². The zero-order chi connectivity index (χ0) is 9.14. The van der Waals surface area contributed by atoms with Crippen molar-refractivity contribution in [2.24, 2.45) is 17.8 Å². The lowest BCUT2D eigenvalue weighted by atomic mass is 9.86. The molecule has 12 heavy (non-hydrogen) atoms. The Bertz CT molecular complexity index is 153. The molecular weight excluding hydrogens is 144 g/mol. The highest BCUT2D eigenvalue weighted by Gasteiger charge is 2.28. The Kier molecular flexibility index (Phi) is 3.37. The van der Waals surface area contributed by atoms with Crippen LogP contribution in [-0.2, 0) is 0 Å². The second-order valence-corrected chi connectivity index (χ2v) is 4.34. The summed E-state index contributed by atoms with van der Waals surface area (Å²) < 4.78 is 0. The van der Waals surface area contributed by atoms with Crippen molar-refractivity contribution in [2.75, 3.05) is 0 Å². The van der Waals surface area contributed by atoms with E-state index in [4.69, 9.17) is 0 Å². The van der Waals surface area contributed by atoms with Crippen LogP contribution in [0.4, 0.5) is 0 Å². The maximum atomic E-state index is 4.14. The average Bonchev–Trinajstić information content (AvgIpc) is 2.35. The SMILES string of the molecule is C=C1CC(C(CC)CC)CC1C. The molecule has 0 heterocycles. The molecule has 0 bridgehead atoms. The first kappa shape index (κ1) is 9.83. The zero-order valence-corrected chi connectivity index (χ0v) is 8.77. The Labute approximate surface area is 77.1 Å². The van der Waals surface area contributed by atoms with Crippen molar-refractivity contribution in [2.45, 2.75) is 46.5 Å². The monoisotopic (exact) mass is 166 g/mol. The summed E-state index contributed by atoms with van der Waals surface area (Å²) in [4.78, 5) is 0. The van der Waals surface area contributed by atoms with Crippen LogP contribution in [0.5, 0.6) is 0 Å². The zero-order valence-electron chi connectivity index (χ0n) is 8.77. The van der Waals surface area contributed by atoms with Crippen LogP contribution in [0.25, 0.3) is 0 Å². The van der Waals surface area contributed by atoms with Crippen LogP contribution >= 0.6 is 0 Å². The van der Waals surface area contributed by atoms with E-state index in [1.54, 1.807) is 0 Å². The van der Waals surface area contributed by atoms with Crippen LogP contribution in [0.1, 0.15) is 46.5 Å². The van der Waals surface area contributed by atoms with Crippen molar-refractivity contribution in [1.82, 2.24) is 0 Å². The number of hydrogen-bond acceptors (Lipinski definition) is 0. The lowest BCUT2D eigenvalue weighted by molar-refractivity contribution is 0.313. The molecule has 1 aliphatic carbocycles. The highest BCUT2D eigenvalue weighted by molar-refractivity contribution is 5.07. The standard InChI is InChI=1S/C12H22/c1-5-11(6-2)12-7-9(3)10(4)8-12/h10-12H,3,5-8H2,1-2,4H3. The Morgan fingerprint density at radius 2 is 2.00 bits per heavy atom. The third-order valence-corrected chi connectivity index (χ3v) is 3.59. The molecule has 0 aliphatic heterocycles. The number of allylic oxidation sites excluding steroid dienone is 1. The largest absolute Gasteiger partial charge is 0.0996 e. The first-order valence-corrected chi connectivity index (χ1v) is 5.36. The summed E-state index contributed by atoms with van der Waals surface area (Å²) in [6.45, 7) is 11.1. The van der Waals surface area contributed by atoms with E-state index in [-0.39, 0.29) is 0 Å². The third-order valence-electron chi connectivity index (χ3n) is 3.59. The van der Waals surface area contributed by atoms with Crippen molar-refractivity contribution >= 4 is 0 Å². The summed E-state index contributed by atoms with van der Waals surface area (Å²) in [6, 6.07) is 0. The van der Waals surface area contributed by atoms with Crippen molar-refractivity contribution in [1.29, 1.82) is 0 Å². The van der Waals surface area contributed by atoms with Crippen molar-refractivity contribution in [3.05, 3.63) is 12.2 Å². The summed E-state index contributed by atoms with van der Waals surface area (Å²) in [7, 11) is 0. The predicted molar refractivity (Wildman–Crippen MR) is 55.1 cm³/mol. The van der Waals surface area contributed by atoms with Gasteiger partial charge in [-0.2, -0.15) is 0 Å². The van der Waals surface area contributed by atoms with Gasteiger partial charge in [0.15, 0.2) is 0 Å². The van der Waals surface area contributed by atoms with E-state index in [0.717, 1.165) is 17.8 Å². The van der Waals surface area contributed by atoms with E-state index in [9.17, 15) is 0 Å². The lowest BCUT2D eigenvalue weighted by Crippen LogP contribution is -2.09. The molecule has 0 aromatic carbocycles. The van der Waals surface area contributed by atoms with E-state index >= 15 is 0 Å². The fraction of sp³-hybridized carbons (Fsp3) is 0.833. The van der Waals surface area contributed by atoms with Gasteiger partial charge in [0.1, 0.15) is 0 Å². The normalized spacial score (nSPS) is 30.2. The summed E-state index contributed by atoms with van der Waals surface area (Å²) in [5.74, 6) is 2.68. The van der Waals surface area contributed by atoms with E-state index < -0.39 is 0 Å². The maximum absolute atomic E-state index is 4.14. The van der Waals surface area contributed by atoms with Crippen LogP contribution in [0.2, 0.25) is 0 Å². The van der Waals surface area contributed by atoms with Gasteiger partial charge in [0.25, 0.3) is 0 Å². The first-order valence-electron chi connectivity index (χ1n) is 5.36. The minimum absolute atomic E-state index is 0.788. The second kappa shape index (κ2) is 4.11. The molecule has 0 saturated heterocycles. The molecule has 0 radical (unpaired) electrons. The average molecular weight is 166 g/mol. The van der Waals surface area contributed by atoms with Crippen LogP contribution in [0, 0.1) is 17.8 Å². The molecule has 0 nitrogen and oxygen atoms in total. The van der Waals surface area contributed by atoms with Gasteiger partial charge in [-0.3, -0.25) is 0 Å². The highest BCUT2D eigenvalue weighted by atomic mass is 14.3. The lowest BCUT2D eigenvalue weighted by Gasteiger charge is -2.19. The Balaban J connectivity index is 2.49. The molecule has 2 unspecified atom stereocenters. The van der Waals surface area contributed by atoms with Gasteiger partial charge in [-0.05, 0) is 30.6 Å². The number of hydrogen-bond donors (Lipinski definition) is 0. The second-order valence-electron chi connectivity index (χ2n) is 4.34. The summed E-state index contributed by atoms with van der Waals surface area (Å²) >= 11 is 0. The maximum Gasteiger partial charge on any atom is -0.0231 e. The van der Waals surface area contributed by atoms with Gasteiger partial charge < -0.3 is 0 Å². The molecule has 1 rings (SSSR count). The van der Waals surface area contributed by atoms with Crippen molar-refractivity contribution in [3.8, 4) is 0 Å². The first-order chi connectivity index (χ1) is 5.69. The molecular formula is C12H22. The minimum Gasteiger partial charge on any atom is -0.0996 e. The third kappa shape index (κ3) is 1.91. The molecule has 0 heteroatoms. The predicted octanol–water partition coefficient (Wildman–Crippen LogP) is 4.02. The summed E-state index contributed by atoms with van der Waals surface area (Å²) in [6.07, 6.45) is 5.39. The summed E-state index contributed by atoms with van der Waals surface area (Å²) in [5.41, 5.74) is 1.49. The fourth-order valence-corrected chi connectivity index (χ4v) is 2.56. The van der Waals surface area contributed by atoms with Gasteiger partial charge in [-0.15, -0.1) is 0 Å². The molecule has 0 N–H and O–H groups in total. The van der Waals surface area contributed by atoms with Gasteiger partial charge in [0.2, 0.25) is 0 Å². The number of rotatable bonds is 3. The molecule has 2 atom stereocenters. The van der Waals surface area contributed by atoms with Crippen molar-refractivity contribution in [3.63, 3.8) is 0 Å². The molecule has 0 spiro atoms. The van der Waals surface area contributed by atoms with Gasteiger partial charge in [-0.1, -0.05) is 45.8 Å². The van der Waals surface area contributed by atoms with Crippen LogP contribution in [-0.4, -0.2) is 0 Å². The van der Waals surface area contributed by atoms with E-state index in [1.165, 1.54) is 31.3 Å². The molecule has 0 aromatic rings. The molecule has 1 aliphatic rings. The van der Waals surface area contributed by atoms with E-state index in [0.29, 0.717) is 0 Å². The molecule has 0 amide bonds. The smallest absolute Gasteiger partial charge is 0.0231 e. The van der Waals surface area contributed by atoms with Gasteiger partial charge in [0, 0.05) is 0 Å². The van der Waals surface area contributed by atoms with Crippen LogP contribution in [0.15, 0.2) is 12.2 Å². The van der Waals surface area contributed by atoms with Crippen molar-refractivity contribution < 1.29 is 0 Å². The van der Waals surface area contributed by atoms with Crippen LogP contribution < -0.4 is 0 Å². The Hall–Kier alpha value is -0.260. The minimum atomic E-state index is 0.788. The van der Waals surface area contributed by atoms with Gasteiger partial charge >= 0.3 is 0 Å². The van der Waals surface area contributed by atoms with Crippen LogP contribution in [0.3, 0.4) is 0 Å². The molecule has 1 fully saturated rings. The molecule has 0 aromatic heterocycles. The fourth-order valence-electron chi connectivity index (χ4n) is 2.56. The van der Waals surface area contributed by atoms with E-state index in [1.807, 2.05) is 0 Å². The highest BCUT2D eigenvalue weighted by Crippen LogP contribution is 2.40. The molecule has 70 valence electrons. The van der Waals surface area contributed by atoms with Gasteiger partial charge in [-0.25, -0.2) is 0 Å². The topological polar surface area (TPSA) is 0 Å².